The van der Waals surface area contributed by atoms with E-state index in [0.29, 0.717) is 22.0 Å². The molecule has 0 aliphatic carbocycles. The van der Waals surface area contributed by atoms with Crippen molar-refractivity contribution < 1.29 is 23.1 Å². The molecule has 0 atom stereocenters. The van der Waals surface area contributed by atoms with Gasteiger partial charge in [0.25, 0.3) is 15.9 Å². The average Bonchev–Trinajstić information content (AvgIpc) is 3.34. The molecule has 0 unspecified atom stereocenters. The van der Waals surface area contributed by atoms with Crippen LogP contribution in [-0.2, 0) is 10.0 Å². The number of phenols is 1. The van der Waals surface area contributed by atoms with Gasteiger partial charge in [-0.15, -0.1) is 11.3 Å². The van der Waals surface area contributed by atoms with Gasteiger partial charge in [-0.25, -0.2) is 13.4 Å². The third-order valence-electron chi connectivity index (χ3n) is 5.56. The number of hydrogen-bond donors (Lipinski definition) is 3. The minimum atomic E-state index is -3.95. The largest absolute Gasteiger partial charge is 0.507 e. The van der Waals surface area contributed by atoms with Crippen molar-refractivity contribution in [2.24, 2.45) is 0 Å². The highest BCUT2D eigenvalue weighted by molar-refractivity contribution is 7.92. The van der Waals surface area contributed by atoms with Gasteiger partial charge in [-0.1, -0.05) is 24.3 Å². The van der Waals surface area contributed by atoms with E-state index in [1.54, 1.807) is 36.4 Å². The number of aromatic hydroxyl groups is 1. The molecule has 0 aliphatic rings. The lowest BCUT2D eigenvalue weighted by atomic mass is 10.1. The fourth-order valence-corrected chi connectivity index (χ4v) is 5.77. The second-order valence-corrected chi connectivity index (χ2v) is 10.7. The van der Waals surface area contributed by atoms with Crippen molar-refractivity contribution in [3.8, 4) is 22.1 Å². The zero-order valence-electron chi connectivity index (χ0n) is 19.5. The summed E-state index contributed by atoms with van der Waals surface area (Å²) in [5.41, 5.74) is 1.97. The Bertz CT molecular complexity index is 1680. The molecule has 0 bridgehead atoms. The molecule has 0 radical (unpaired) electrons. The predicted molar refractivity (Wildman–Crippen MR) is 145 cm³/mol. The van der Waals surface area contributed by atoms with E-state index in [1.807, 2.05) is 24.3 Å². The number of nitrogens with zero attached hydrogens (tertiary/aromatic N) is 1. The van der Waals surface area contributed by atoms with Gasteiger partial charge in [0.2, 0.25) is 0 Å². The first-order valence-electron chi connectivity index (χ1n) is 11.1. The van der Waals surface area contributed by atoms with Gasteiger partial charge in [-0.05, 0) is 66.7 Å². The molecule has 5 aromatic rings. The summed E-state index contributed by atoms with van der Waals surface area (Å²) in [6.45, 7) is 0. The summed E-state index contributed by atoms with van der Waals surface area (Å²) in [6, 6.07) is 24.6. The summed E-state index contributed by atoms with van der Waals surface area (Å²) >= 11 is 1.43. The summed E-state index contributed by atoms with van der Waals surface area (Å²) in [5, 5.41) is 13.8. The van der Waals surface area contributed by atoms with Gasteiger partial charge in [0.15, 0.2) is 0 Å². The maximum absolute atomic E-state index is 13.2. The molecule has 0 aliphatic heterocycles. The minimum absolute atomic E-state index is 0.0301. The van der Waals surface area contributed by atoms with Crippen LogP contribution in [0.3, 0.4) is 0 Å². The number of benzene rings is 4. The average molecular weight is 532 g/mol. The van der Waals surface area contributed by atoms with Crippen molar-refractivity contribution in [3.63, 3.8) is 0 Å². The molecule has 3 N–H and O–H groups in total. The van der Waals surface area contributed by atoms with Gasteiger partial charge in [0.1, 0.15) is 16.5 Å². The van der Waals surface area contributed by atoms with Crippen molar-refractivity contribution in [1.82, 2.24) is 4.98 Å². The maximum Gasteiger partial charge on any atom is 0.261 e. The Morgan fingerprint density at radius 1 is 0.946 bits per heavy atom. The molecule has 0 fully saturated rings. The Morgan fingerprint density at radius 3 is 2.43 bits per heavy atom. The summed E-state index contributed by atoms with van der Waals surface area (Å²) < 4.78 is 34.4. The molecule has 8 nitrogen and oxygen atoms in total. The van der Waals surface area contributed by atoms with Crippen molar-refractivity contribution >= 4 is 48.9 Å². The number of rotatable bonds is 7. The van der Waals surface area contributed by atoms with Crippen LogP contribution in [0.2, 0.25) is 0 Å². The lowest BCUT2D eigenvalue weighted by Crippen LogP contribution is -2.18. The van der Waals surface area contributed by atoms with Gasteiger partial charge in [-0.2, -0.15) is 0 Å². The number of carbonyl (C=O) groups excluding carboxylic acids is 1. The molecule has 10 heteroatoms. The number of sulfonamides is 1. The van der Waals surface area contributed by atoms with Crippen LogP contribution in [0.1, 0.15) is 10.4 Å². The fourth-order valence-electron chi connectivity index (χ4n) is 3.70. The lowest BCUT2D eigenvalue weighted by molar-refractivity contribution is 0.102. The highest BCUT2D eigenvalue weighted by Gasteiger charge is 2.19. The Kier molecular flexibility index (Phi) is 6.51. The normalized spacial score (nSPS) is 11.3. The number of phenolic OH excluding ortho intramolecular Hbond substituents is 1. The molecule has 0 saturated heterocycles. The van der Waals surface area contributed by atoms with E-state index in [-0.39, 0.29) is 21.9 Å². The monoisotopic (exact) mass is 531 g/mol. The number of nitrogens with one attached hydrogen (secondary N) is 2. The number of anilines is 2. The smallest absolute Gasteiger partial charge is 0.261 e. The lowest BCUT2D eigenvalue weighted by Gasteiger charge is -2.13. The number of thiazole rings is 1. The van der Waals surface area contributed by atoms with E-state index in [9.17, 15) is 18.3 Å². The topological polar surface area (TPSA) is 118 Å². The molecule has 0 saturated carbocycles. The number of fused-ring (bicyclic) bond motifs is 1. The summed E-state index contributed by atoms with van der Waals surface area (Å²) in [4.78, 5) is 17.8. The molecule has 1 amide bonds. The van der Waals surface area contributed by atoms with Crippen LogP contribution in [0.5, 0.6) is 11.5 Å². The third kappa shape index (κ3) is 5.11. The molecule has 37 heavy (non-hydrogen) atoms. The molecule has 4 aromatic carbocycles. The first-order chi connectivity index (χ1) is 17.8. The zero-order chi connectivity index (χ0) is 26.0. The molecule has 186 valence electrons. The Balaban J connectivity index is 1.40. The number of ether oxygens (including phenoxy) is 1. The van der Waals surface area contributed by atoms with Crippen LogP contribution >= 0.6 is 11.3 Å². The van der Waals surface area contributed by atoms with E-state index in [4.69, 9.17) is 4.74 Å². The van der Waals surface area contributed by atoms with Crippen LogP contribution in [0.15, 0.2) is 95.9 Å². The molecular formula is C27H21N3O5S2. The Labute approximate surface area is 217 Å². The van der Waals surface area contributed by atoms with Crippen LogP contribution in [-0.4, -0.2) is 31.5 Å². The highest BCUT2D eigenvalue weighted by Crippen LogP contribution is 2.37. The minimum Gasteiger partial charge on any atom is -0.507 e. The standard InChI is InChI=1S/C27H21N3O5S2/c1-35-18-11-13-19(14-12-18)37(33,34)30-22-7-3-2-6-20(22)26(32)28-17-10-15-24(31)21(16-17)27-29-23-8-4-5-9-25(23)36-27/h2-16,30-31H,1H3,(H,28,32). The number of carbonyl (C=O) groups is 1. The molecule has 1 heterocycles. The van der Waals surface area contributed by atoms with Gasteiger partial charge in [0.05, 0.1) is 39.0 Å². The number of methoxy groups -OCH3 is 1. The Hall–Kier alpha value is -4.41. The highest BCUT2D eigenvalue weighted by atomic mass is 32.2. The van der Waals surface area contributed by atoms with Crippen LogP contribution in [0.25, 0.3) is 20.8 Å². The van der Waals surface area contributed by atoms with E-state index < -0.39 is 15.9 Å². The number of amides is 1. The van der Waals surface area contributed by atoms with Gasteiger partial charge < -0.3 is 15.2 Å². The first kappa shape index (κ1) is 24.3. The number of aromatic nitrogens is 1. The van der Waals surface area contributed by atoms with Crippen molar-refractivity contribution in [1.29, 1.82) is 0 Å². The van der Waals surface area contributed by atoms with E-state index in [0.717, 1.165) is 10.2 Å². The summed E-state index contributed by atoms with van der Waals surface area (Å²) in [5.74, 6) is 0.0384. The summed E-state index contributed by atoms with van der Waals surface area (Å²) in [6.07, 6.45) is 0. The van der Waals surface area contributed by atoms with Gasteiger partial charge >= 0.3 is 0 Å². The van der Waals surface area contributed by atoms with Gasteiger partial charge in [-0.3, -0.25) is 9.52 Å². The van der Waals surface area contributed by atoms with Crippen LogP contribution in [0.4, 0.5) is 11.4 Å². The van der Waals surface area contributed by atoms with Crippen molar-refractivity contribution in [2.45, 2.75) is 4.90 Å². The summed E-state index contributed by atoms with van der Waals surface area (Å²) in [7, 11) is -2.46. The number of para-hydroxylation sites is 2. The van der Waals surface area contributed by atoms with Crippen molar-refractivity contribution in [2.75, 3.05) is 17.1 Å². The second kappa shape index (κ2) is 9.92. The SMILES string of the molecule is COc1ccc(S(=O)(=O)Nc2ccccc2C(=O)Nc2ccc(O)c(-c3nc4ccccc4s3)c2)cc1. The predicted octanol–water partition coefficient (Wildman–Crippen LogP) is 5.73. The first-order valence-corrected chi connectivity index (χ1v) is 13.4. The van der Waals surface area contributed by atoms with E-state index in [2.05, 4.69) is 15.0 Å². The zero-order valence-corrected chi connectivity index (χ0v) is 21.1. The maximum atomic E-state index is 13.2. The molecule has 0 spiro atoms. The van der Waals surface area contributed by atoms with E-state index in [1.165, 1.54) is 48.8 Å². The second-order valence-electron chi connectivity index (χ2n) is 8.00. The molecule has 1 aromatic heterocycles. The van der Waals surface area contributed by atoms with Crippen LogP contribution in [0, 0.1) is 0 Å². The van der Waals surface area contributed by atoms with Crippen LogP contribution < -0.4 is 14.8 Å². The molecule has 5 rings (SSSR count). The molecular weight excluding hydrogens is 510 g/mol. The van der Waals surface area contributed by atoms with Gasteiger partial charge in [0, 0.05) is 5.69 Å². The van der Waals surface area contributed by atoms with Crippen molar-refractivity contribution in [3.05, 3.63) is 96.6 Å². The van der Waals surface area contributed by atoms with E-state index >= 15 is 0 Å². The quantitative estimate of drug-likeness (QED) is 0.231. The third-order valence-corrected chi connectivity index (χ3v) is 8.02. The number of hydrogen-bond acceptors (Lipinski definition) is 7. The Morgan fingerprint density at radius 2 is 1.68 bits per heavy atom. The fraction of sp³-hybridized carbons (Fsp3) is 0.0370.